The van der Waals surface area contributed by atoms with Crippen LogP contribution in [0.3, 0.4) is 0 Å². The Morgan fingerprint density at radius 2 is 2.26 bits per heavy atom. The van der Waals surface area contributed by atoms with Crippen LogP contribution in [0.2, 0.25) is 0 Å². The van der Waals surface area contributed by atoms with Gasteiger partial charge in [-0.2, -0.15) is 0 Å². The normalized spacial score (nSPS) is 17.7. The molecule has 0 radical (unpaired) electrons. The van der Waals surface area contributed by atoms with E-state index >= 15 is 0 Å². The Kier molecular flexibility index (Phi) is 4.86. The van der Waals surface area contributed by atoms with Crippen molar-refractivity contribution in [1.29, 1.82) is 0 Å². The predicted octanol–water partition coefficient (Wildman–Crippen LogP) is -0.0923. The standard InChI is InChI=1S/C12H21N5O2/c1-16-5-2-10(3-6-16)8-13-4-7-17-9-11(12(18)19)14-15-17/h9-10,13H,2-8H2,1H3,(H,18,19). The fraction of sp³-hybridized carbons (Fsp3) is 0.750. The summed E-state index contributed by atoms with van der Waals surface area (Å²) in [5, 5.41) is 19.5. The number of rotatable bonds is 6. The molecular formula is C12H21N5O2. The summed E-state index contributed by atoms with van der Waals surface area (Å²) in [6.07, 6.45) is 3.95. The van der Waals surface area contributed by atoms with Crippen LogP contribution in [0, 0.1) is 5.92 Å². The van der Waals surface area contributed by atoms with Crippen LogP contribution in [0.1, 0.15) is 23.3 Å². The number of likely N-dealkylation sites (tertiary alicyclic amines) is 1. The van der Waals surface area contributed by atoms with E-state index in [1.54, 1.807) is 4.68 Å². The van der Waals surface area contributed by atoms with Gasteiger partial charge in [-0.05, 0) is 45.4 Å². The molecule has 1 fully saturated rings. The van der Waals surface area contributed by atoms with E-state index in [2.05, 4.69) is 27.6 Å². The van der Waals surface area contributed by atoms with Crippen molar-refractivity contribution in [3.8, 4) is 0 Å². The van der Waals surface area contributed by atoms with Crippen LogP contribution in [0.25, 0.3) is 0 Å². The lowest BCUT2D eigenvalue weighted by molar-refractivity contribution is 0.0690. The summed E-state index contributed by atoms with van der Waals surface area (Å²) in [7, 11) is 2.16. The molecule has 0 atom stereocenters. The first kappa shape index (κ1) is 14.0. The molecule has 2 heterocycles. The average Bonchev–Trinajstić information content (AvgIpc) is 2.86. The molecule has 2 rings (SSSR count). The van der Waals surface area contributed by atoms with Crippen LogP contribution in [0.15, 0.2) is 6.20 Å². The van der Waals surface area contributed by atoms with E-state index in [1.165, 1.54) is 32.1 Å². The van der Waals surface area contributed by atoms with Gasteiger partial charge in [0.1, 0.15) is 0 Å². The van der Waals surface area contributed by atoms with E-state index in [0.717, 1.165) is 19.0 Å². The van der Waals surface area contributed by atoms with E-state index < -0.39 is 5.97 Å². The first-order valence-corrected chi connectivity index (χ1v) is 6.68. The summed E-state index contributed by atoms with van der Waals surface area (Å²) < 4.78 is 1.56. The highest BCUT2D eigenvalue weighted by molar-refractivity contribution is 5.84. The van der Waals surface area contributed by atoms with Crippen molar-refractivity contribution in [1.82, 2.24) is 25.2 Å². The number of carboxylic acid groups (broad SMARTS) is 1. The number of aromatic nitrogens is 3. The van der Waals surface area contributed by atoms with Crippen molar-refractivity contribution >= 4 is 5.97 Å². The smallest absolute Gasteiger partial charge is 0.358 e. The van der Waals surface area contributed by atoms with Crippen LogP contribution < -0.4 is 5.32 Å². The second kappa shape index (κ2) is 6.63. The number of aromatic carboxylic acids is 1. The Balaban J connectivity index is 1.62. The molecule has 106 valence electrons. The van der Waals surface area contributed by atoms with Gasteiger partial charge in [-0.15, -0.1) is 5.10 Å². The summed E-state index contributed by atoms with van der Waals surface area (Å²) >= 11 is 0. The third-order valence-corrected chi connectivity index (χ3v) is 3.55. The summed E-state index contributed by atoms with van der Waals surface area (Å²) in [6, 6.07) is 0. The fourth-order valence-electron chi connectivity index (χ4n) is 2.27. The molecule has 0 bridgehead atoms. The molecule has 0 saturated carbocycles. The maximum absolute atomic E-state index is 10.6. The van der Waals surface area contributed by atoms with Crippen LogP contribution in [0.4, 0.5) is 0 Å². The number of carboxylic acids is 1. The lowest BCUT2D eigenvalue weighted by Gasteiger charge is -2.29. The summed E-state index contributed by atoms with van der Waals surface area (Å²) in [5.74, 6) is -0.285. The zero-order valence-electron chi connectivity index (χ0n) is 11.2. The molecule has 19 heavy (non-hydrogen) atoms. The largest absolute Gasteiger partial charge is 0.476 e. The summed E-state index contributed by atoms with van der Waals surface area (Å²) in [4.78, 5) is 13.0. The average molecular weight is 267 g/mol. The maximum Gasteiger partial charge on any atom is 0.358 e. The molecule has 7 heteroatoms. The Bertz CT molecular complexity index is 412. The van der Waals surface area contributed by atoms with E-state index in [1.807, 2.05) is 0 Å². The van der Waals surface area contributed by atoms with Gasteiger partial charge in [-0.25, -0.2) is 4.79 Å². The number of piperidine rings is 1. The molecule has 0 unspecified atom stereocenters. The number of nitrogens with zero attached hydrogens (tertiary/aromatic N) is 4. The molecule has 0 spiro atoms. The Labute approximate surface area is 112 Å². The number of carbonyl (C=O) groups is 1. The minimum absolute atomic E-state index is 0.00434. The van der Waals surface area contributed by atoms with E-state index in [-0.39, 0.29) is 5.69 Å². The number of hydrogen-bond donors (Lipinski definition) is 2. The zero-order chi connectivity index (χ0) is 13.7. The van der Waals surface area contributed by atoms with Gasteiger partial charge in [0.25, 0.3) is 0 Å². The van der Waals surface area contributed by atoms with E-state index in [4.69, 9.17) is 5.11 Å². The molecule has 0 aromatic carbocycles. The van der Waals surface area contributed by atoms with Crippen LogP contribution in [-0.2, 0) is 6.54 Å². The third kappa shape index (κ3) is 4.29. The topological polar surface area (TPSA) is 83.3 Å². The van der Waals surface area contributed by atoms with Gasteiger partial charge in [0.2, 0.25) is 0 Å². The SMILES string of the molecule is CN1CCC(CNCCn2cc(C(=O)O)nn2)CC1. The molecule has 1 aliphatic rings. The predicted molar refractivity (Wildman–Crippen MR) is 70.1 cm³/mol. The Hall–Kier alpha value is -1.47. The van der Waals surface area contributed by atoms with Gasteiger partial charge < -0.3 is 15.3 Å². The van der Waals surface area contributed by atoms with Crippen LogP contribution in [-0.4, -0.2) is 64.2 Å². The highest BCUT2D eigenvalue weighted by Gasteiger charge is 2.15. The van der Waals surface area contributed by atoms with Crippen molar-refractivity contribution in [2.75, 3.05) is 33.2 Å². The van der Waals surface area contributed by atoms with Gasteiger partial charge >= 0.3 is 5.97 Å². The summed E-state index contributed by atoms with van der Waals surface area (Å²) in [6.45, 7) is 4.81. The first-order chi connectivity index (χ1) is 9.15. The monoisotopic (exact) mass is 267 g/mol. The first-order valence-electron chi connectivity index (χ1n) is 6.68. The van der Waals surface area contributed by atoms with Crippen molar-refractivity contribution in [2.45, 2.75) is 19.4 Å². The minimum atomic E-state index is -1.04. The number of hydrogen-bond acceptors (Lipinski definition) is 5. The lowest BCUT2D eigenvalue weighted by Crippen LogP contribution is -2.35. The number of nitrogens with one attached hydrogen (secondary N) is 1. The van der Waals surface area contributed by atoms with Crippen molar-refractivity contribution in [3.05, 3.63) is 11.9 Å². The molecule has 1 saturated heterocycles. The molecule has 1 aromatic rings. The Morgan fingerprint density at radius 1 is 1.53 bits per heavy atom. The highest BCUT2D eigenvalue weighted by atomic mass is 16.4. The van der Waals surface area contributed by atoms with E-state index in [9.17, 15) is 4.79 Å². The molecule has 1 aromatic heterocycles. The van der Waals surface area contributed by atoms with Gasteiger partial charge in [-0.1, -0.05) is 5.21 Å². The fourth-order valence-corrected chi connectivity index (χ4v) is 2.27. The Morgan fingerprint density at radius 3 is 2.89 bits per heavy atom. The minimum Gasteiger partial charge on any atom is -0.476 e. The third-order valence-electron chi connectivity index (χ3n) is 3.55. The molecule has 0 amide bonds. The second-order valence-corrected chi connectivity index (χ2v) is 5.12. The van der Waals surface area contributed by atoms with Gasteiger partial charge in [0.15, 0.2) is 5.69 Å². The summed E-state index contributed by atoms with van der Waals surface area (Å²) in [5.41, 5.74) is -0.00434. The lowest BCUT2D eigenvalue weighted by atomic mass is 9.97. The molecular weight excluding hydrogens is 246 g/mol. The molecule has 7 nitrogen and oxygen atoms in total. The quantitative estimate of drug-likeness (QED) is 0.701. The molecule has 0 aliphatic carbocycles. The molecule has 1 aliphatic heterocycles. The van der Waals surface area contributed by atoms with Crippen LogP contribution in [0.5, 0.6) is 0 Å². The van der Waals surface area contributed by atoms with Gasteiger partial charge in [0.05, 0.1) is 12.7 Å². The second-order valence-electron chi connectivity index (χ2n) is 5.12. The van der Waals surface area contributed by atoms with Crippen LogP contribution >= 0.6 is 0 Å². The highest BCUT2D eigenvalue weighted by Crippen LogP contribution is 2.14. The van der Waals surface area contributed by atoms with Gasteiger partial charge in [0, 0.05) is 6.54 Å². The van der Waals surface area contributed by atoms with Crippen molar-refractivity contribution in [2.24, 2.45) is 5.92 Å². The van der Waals surface area contributed by atoms with Crippen molar-refractivity contribution in [3.63, 3.8) is 0 Å². The van der Waals surface area contributed by atoms with Crippen molar-refractivity contribution < 1.29 is 9.90 Å². The zero-order valence-corrected chi connectivity index (χ0v) is 11.2. The van der Waals surface area contributed by atoms with E-state index in [0.29, 0.717) is 6.54 Å². The maximum atomic E-state index is 10.6. The van der Waals surface area contributed by atoms with Gasteiger partial charge in [-0.3, -0.25) is 4.68 Å². The molecule has 2 N–H and O–H groups in total.